The average Bonchev–Trinajstić information content (AvgIpc) is 2.78. The fraction of sp³-hybridized carbons (Fsp3) is 0.0952. The van der Waals surface area contributed by atoms with Crippen molar-refractivity contribution in [3.8, 4) is 11.9 Å². The highest BCUT2D eigenvalue weighted by Crippen LogP contribution is 2.32. The Labute approximate surface area is 179 Å². The van der Waals surface area contributed by atoms with E-state index >= 15 is 0 Å². The first kappa shape index (κ1) is 22.2. The topological polar surface area (TPSA) is 124 Å². The molecule has 1 amide bonds. The number of aromatic nitrogens is 2. The predicted molar refractivity (Wildman–Crippen MR) is 111 cm³/mol. The molecule has 0 aliphatic carbocycles. The van der Waals surface area contributed by atoms with Crippen LogP contribution in [0.15, 0.2) is 60.2 Å². The van der Waals surface area contributed by atoms with E-state index < -0.39 is 23.4 Å². The Morgan fingerprint density at radius 1 is 1.22 bits per heavy atom. The Balaban J connectivity index is 2.02. The Bertz CT molecular complexity index is 1260. The van der Waals surface area contributed by atoms with E-state index in [1.807, 2.05) is 0 Å². The number of rotatable bonds is 6. The first-order chi connectivity index (χ1) is 15.3. The second-order valence-electron chi connectivity index (χ2n) is 6.31. The molecule has 3 rings (SSSR count). The molecule has 0 atom stereocenters. The average molecular weight is 440 g/mol. The van der Waals surface area contributed by atoms with Gasteiger partial charge in [-0.05, 0) is 6.07 Å². The van der Waals surface area contributed by atoms with Crippen LogP contribution in [-0.4, -0.2) is 35.4 Å². The molecule has 32 heavy (non-hydrogen) atoms. The van der Waals surface area contributed by atoms with Gasteiger partial charge in [0.25, 0.3) is 5.91 Å². The lowest BCUT2D eigenvalue weighted by atomic mass is 10.1. The minimum Gasteiger partial charge on any atom is -0.480 e. The number of nitriles is 1. The molecule has 0 spiro atoms. The maximum atomic E-state index is 13.9. The van der Waals surface area contributed by atoms with Crippen molar-refractivity contribution >= 4 is 34.3 Å². The predicted octanol–water partition coefficient (Wildman–Crippen LogP) is 4.03. The third-order valence-corrected chi connectivity index (χ3v) is 4.29. The molecule has 2 aromatic heterocycles. The Morgan fingerprint density at radius 3 is 2.62 bits per heavy atom. The highest BCUT2D eigenvalue weighted by molar-refractivity contribution is 6.18. The first-order valence-electron chi connectivity index (χ1n) is 8.95. The Hall–Kier alpha value is -4.46. The van der Waals surface area contributed by atoms with Gasteiger partial charge in [-0.1, -0.05) is 24.3 Å². The Morgan fingerprint density at radius 2 is 1.97 bits per heavy atom. The number of amides is 1. The lowest BCUT2D eigenvalue weighted by Gasteiger charge is -2.18. The SMILES string of the molecule is COc1ncc(NC(=O)/C(C=N)=C(/Nc2cncc3ccccc23)C(F)(F)F)cc1C#N. The van der Waals surface area contributed by atoms with E-state index in [1.165, 1.54) is 25.6 Å². The standard InChI is InChI=1S/C21H15F3N6O2/c1-32-20-13(7-25)6-14(10-28-20)29-19(31)16(8-26)18(21(22,23)24)30-17-11-27-9-12-4-2-3-5-15(12)17/h2-6,8-11,26,30H,1H3,(H,29,31)/b18-16+,26-8?. The number of carbonyl (C=O) groups is 1. The van der Waals surface area contributed by atoms with Gasteiger partial charge in [0.05, 0.1) is 36.5 Å². The third kappa shape index (κ3) is 4.65. The Kier molecular flexibility index (Phi) is 6.34. The van der Waals surface area contributed by atoms with Crippen LogP contribution in [0, 0.1) is 16.7 Å². The van der Waals surface area contributed by atoms with E-state index in [9.17, 15) is 18.0 Å². The summed E-state index contributed by atoms with van der Waals surface area (Å²) in [5, 5.41) is 22.0. The van der Waals surface area contributed by atoms with Gasteiger partial charge in [0.1, 0.15) is 17.3 Å². The van der Waals surface area contributed by atoms with E-state index in [4.69, 9.17) is 15.4 Å². The quantitative estimate of drug-likeness (QED) is 0.393. The summed E-state index contributed by atoms with van der Waals surface area (Å²) in [6.45, 7) is 0. The number of nitrogens with one attached hydrogen (secondary N) is 3. The van der Waals surface area contributed by atoms with Crippen molar-refractivity contribution in [2.24, 2.45) is 0 Å². The number of fused-ring (bicyclic) bond motifs is 1. The normalized spacial score (nSPS) is 11.8. The summed E-state index contributed by atoms with van der Waals surface area (Å²) < 4.78 is 46.5. The van der Waals surface area contributed by atoms with Crippen molar-refractivity contribution in [3.05, 3.63) is 65.8 Å². The number of hydrogen-bond donors (Lipinski definition) is 3. The number of hydrogen-bond acceptors (Lipinski definition) is 7. The molecule has 8 nitrogen and oxygen atoms in total. The van der Waals surface area contributed by atoms with Gasteiger partial charge in [0, 0.05) is 23.2 Å². The molecule has 0 saturated heterocycles. The second kappa shape index (κ2) is 9.13. The van der Waals surface area contributed by atoms with Crippen molar-refractivity contribution < 1.29 is 22.7 Å². The molecular weight excluding hydrogens is 425 g/mol. The molecule has 3 aromatic rings. The summed E-state index contributed by atoms with van der Waals surface area (Å²) in [7, 11) is 1.29. The van der Waals surface area contributed by atoms with Crippen molar-refractivity contribution in [1.29, 1.82) is 10.7 Å². The largest absolute Gasteiger partial charge is 0.480 e. The van der Waals surface area contributed by atoms with Crippen molar-refractivity contribution in [1.82, 2.24) is 9.97 Å². The highest BCUT2D eigenvalue weighted by atomic mass is 19.4. The third-order valence-electron chi connectivity index (χ3n) is 4.29. The minimum absolute atomic E-state index is 0.00517. The zero-order chi connectivity index (χ0) is 23.3. The number of alkyl halides is 3. The van der Waals surface area contributed by atoms with E-state index in [1.54, 1.807) is 30.3 Å². The number of anilines is 2. The lowest BCUT2D eigenvalue weighted by Crippen LogP contribution is -2.27. The van der Waals surface area contributed by atoms with Crippen LogP contribution in [0.25, 0.3) is 10.8 Å². The van der Waals surface area contributed by atoms with Crippen LogP contribution in [0.4, 0.5) is 24.5 Å². The number of nitrogens with zero attached hydrogens (tertiary/aromatic N) is 3. The van der Waals surface area contributed by atoms with Crippen LogP contribution in [-0.2, 0) is 4.79 Å². The number of ether oxygens (including phenoxy) is 1. The van der Waals surface area contributed by atoms with Crippen LogP contribution in [0.3, 0.4) is 0 Å². The van der Waals surface area contributed by atoms with Gasteiger partial charge in [-0.3, -0.25) is 9.78 Å². The molecule has 0 saturated carbocycles. The van der Waals surface area contributed by atoms with E-state index in [-0.39, 0.29) is 22.8 Å². The maximum Gasteiger partial charge on any atom is 0.432 e. The highest BCUT2D eigenvalue weighted by Gasteiger charge is 2.38. The first-order valence-corrected chi connectivity index (χ1v) is 8.95. The molecule has 1 aromatic carbocycles. The van der Waals surface area contributed by atoms with Crippen LogP contribution in [0.2, 0.25) is 0 Å². The van der Waals surface area contributed by atoms with Gasteiger partial charge in [0.2, 0.25) is 5.88 Å². The summed E-state index contributed by atoms with van der Waals surface area (Å²) in [4.78, 5) is 20.4. The smallest absolute Gasteiger partial charge is 0.432 e. The van der Waals surface area contributed by atoms with Crippen LogP contribution < -0.4 is 15.4 Å². The van der Waals surface area contributed by atoms with E-state index in [0.717, 1.165) is 6.20 Å². The van der Waals surface area contributed by atoms with Crippen molar-refractivity contribution in [3.63, 3.8) is 0 Å². The second-order valence-corrected chi connectivity index (χ2v) is 6.31. The number of methoxy groups -OCH3 is 1. The number of halogens is 3. The zero-order valence-electron chi connectivity index (χ0n) is 16.5. The van der Waals surface area contributed by atoms with Crippen LogP contribution in [0.5, 0.6) is 5.88 Å². The monoisotopic (exact) mass is 440 g/mol. The number of allylic oxidation sites excluding steroid dienone is 1. The number of pyridine rings is 2. The molecular formula is C21H15F3N6O2. The summed E-state index contributed by atoms with van der Waals surface area (Å²) in [5.74, 6) is -1.22. The van der Waals surface area contributed by atoms with Crippen LogP contribution >= 0.6 is 0 Å². The minimum atomic E-state index is -4.99. The summed E-state index contributed by atoms with van der Waals surface area (Å²) in [6.07, 6.45) is -0.886. The fourth-order valence-corrected chi connectivity index (χ4v) is 2.85. The molecule has 0 radical (unpaired) electrons. The molecule has 162 valence electrons. The van der Waals surface area contributed by atoms with Gasteiger partial charge in [0.15, 0.2) is 0 Å². The van der Waals surface area contributed by atoms with Crippen LogP contribution in [0.1, 0.15) is 5.56 Å². The van der Waals surface area contributed by atoms with Gasteiger partial charge in [-0.2, -0.15) is 18.4 Å². The summed E-state index contributed by atoms with van der Waals surface area (Å²) in [5.41, 5.74) is -2.47. The molecule has 0 unspecified atom stereocenters. The van der Waals surface area contributed by atoms with E-state index in [0.29, 0.717) is 17.0 Å². The summed E-state index contributed by atoms with van der Waals surface area (Å²) in [6, 6.07) is 9.64. The van der Waals surface area contributed by atoms with E-state index in [2.05, 4.69) is 20.6 Å². The molecule has 0 fully saturated rings. The van der Waals surface area contributed by atoms with Crippen molar-refractivity contribution in [2.75, 3.05) is 17.7 Å². The van der Waals surface area contributed by atoms with Crippen molar-refractivity contribution in [2.45, 2.75) is 6.18 Å². The van der Waals surface area contributed by atoms with Gasteiger partial charge in [-0.25, -0.2) is 4.98 Å². The van der Waals surface area contributed by atoms with Gasteiger partial charge in [-0.15, -0.1) is 0 Å². The molecule has 2 heterocycles. The molecule has 0 aliphatic rings. The maximum absolute atomic E-state index is 13.9. The molecule has 0 bridgehead atoms. The molecule has 0 aliphatic heterocycles. The van der Waals surface area contributed by atoms with Gasteiger partial charge >= 0.3 is 6.18 Å². The number of benzene rings is 1. The zero-order valence-corrected chi connectivity index (χ0v) is 16.5. The van der Waals surface area contributed by atoms with Gasteiger partial charge < -0.3 is 20.8 Å². The lowest BCUT2D eigenvalue weighted by molar-refractivity contribution is -0.114. The molecule has 11 heteroatoms. The fourth-order valence-electron chi connectivity index (χ4n) is 2.85. The molecule has 3 N–H and O–H groups in total. The number of carbonyl (C=O) groups excluding carboxylic acids is 1. The summed E-state index contributed by atoms with van der Waals surface area (Å²) >= 11 is 0.